The third-order valence-electron chi connectivity index (χ3n) is 14.1. The van der Waals surface area contributed by atoms with E-state index in [4.69, 9.17) is 43.9 Å². The number of nitrogens with two attached hydrogens (primary N) is 1. The third-order valence-corrected chi connectivity index (χ3v) is 14.1. The lowest BCUT2D eigenvalue weighted by Gasteiger charge is -2.51. The number of carbonyl (C=O) groups is 8. The van der Waals surface area contributed by atoms with Crippen molar-refractivity contribution in [2.24, 2.45) is 11.1 Å². The van der Waals surface area contributed by atoms with Crippen LogP contribution in [0.4, 0.5) is 0 Å². The van der Waals surface area contributed by atoms with Crippen molar-refractivity contribution in [2.45, 2.75) is 193 Å². The Balaban J connectivity index is 2.10. The van der Waals surface area contributed by atoms with Crippen molar-refractivity contribution in [1.82, 2.24) is 21.3 Å². The zero-order chi connectivity index (χ0) is 67.6. The molecule has 0 unspecified atom stereocenters. The molecule has 23 atom stereocenters. The fraction of sp³-hybridized carbons (Fsp3) is 0.812. The van der Waals surface area contributed by atoms with Crippen molar-refractivity contribution in [1.29, 1.82) is 0 Å². The van der Waals surface area contributed by atoms with E-state index in [0.717, 1.165) is 27.7 Å². The molecule has 3 rings (SSSR count). The number of ether oxygens (including phenoxy) is 7. The first-order chi connectivity index (χ1) is 41.6. The first-order valence-electron chi connectivity index (χ1n) is 27.0. The number of carboxylic acid groups (broad SMARTS) is 4. The van der Waals surface area contributed by atoms with Gasteiger partial charge in [0.05, 0.1) is 94.8 Å². The molecular weight excluding hydrogens is 1220 g/mol. The van der Waals surface area contributed by atoms with Gasteiger partial charge < -0.3 is 156 Å². The molecule has 0 aliphatic carbocycles. The molecule has 24 N–H and O–H groups in total. The Morgan fingerprint density at radius 3 is 1.21 bits per heavy atom. The minimum Gasteiger partial charge on any atom is -0.477 e. The maximum atomic E-state index is 13.5. The van der Waals surface area contributed by atoms with E-state index in [1.165, 1.54) is 0 Å². The van der Waals surface area contributed by atoms with Crippen LogP contribution in [-0.2, 0) is 81.2 Å². The second-order valence-corrected chi connectivity index (χ2v) is 20.8. The highest BCUT2D eigenvalue weighted by molar-refractivity contribution is 6.35. The van der Waals surface area contributed by atoms with Crippen LogP contribution in [-0.4, -0.2) is 337 Å². The van der Waals surface area contributed by atoms with E-state index in [1.807, 2.05) is 0 Å². The van der Waals surface area contributed by atoms with Gasteiger partial charge in [0.2, 0.25) is 23.6 Å². The lowest BCUT2D eigenvalue weighted by Crippen LogP contribution is -2.71. The van der Waals surface area contributed by atoms with Gasteiger partial charge in [0.1, 0.15) is 79.9 Å². The van der Waals surface area contributed by atoms with Gasteiger partial charge in [-0.3, -0.25) is 19.2 Å². The molecule has 512 valence electrons. The number of hydrogen-bond acceptors (Lipinski definition) is 33. The molecular formula is C48H80N6O35. The quantitative estimate of drug-likeness (QED) is 0.0156. The van der Waals surface area contributed by atoms with Crippen LogP contribution in [0.3, 0.4) is 0 Å². The Kier molecular flexibility index (Phi) is 30.2. The van der Waals surface area contributed by atoms with Crippen LogP contribution in [0.1, 0.15) is 53.4 Å². The van der Waals surface area contributed by atoms with Crippen molar-refractivity contribution in [3.8, 4) is 0 Å². The Labute approximate surface area is 503 Å². The summed E-state index contributed by atoms with van der Waals surface area (Å²) in [5.74, 6) is -18.2. The lowest BCUT2D eigenvalue weighted by atomic mass is 9.86. The normalized spacial score (nSPS) is 31.1. The van der Waals surface area contributed by atoms with Crippen molar-refractivity contribution < 1.29 is 173 Å². The number of nitrogens with zero attached hydrogens (tertiary/aromatic N) is 1. The first kappa shape index (κ1) is 77.6. The number of rotatable bonds is 37. The smallest absolute Gasteiger partial charge is 0.364 e. The third kappa shape index (κ3) is 20.2. The molecule has 0 radical (unpaired) electrons. The number of carboxylic acids is 4. The maximum Gasteiger partial charge on any atom is 0.364 e. The Morgan fingerprint density at radius 2 is 0.888 bits per heavy atom. The Morgan fingerprint density at radius 1 is 0.517 bits per heavy atom. The predicted molar refractivity (Wildman–Crippen MR) is 280 cm³/mol. The molecule has 0 aromatic carbocycles. The maximum absolute atomic E-state index is 13.5. The molecule has 3 saturated heterocycles. The molecule has 0 saturated carbocycles. The molecule has 0 spiro atoms. The van der Waals surface area contributed by atoms with E-state index in [0.29, 0.717) is 0 Å². The summed E-state index contributed by atoms with van der Waals surface area (Å²) >= 11 is 0. The van der Waals surface area contributed by atoms with Crippen molar-refractivity contribution in [3.05, 3.63) is 0 Å². The molecule has 41 heteroatoms. The summed E-state index contributed by atoms with van der Waals surface area (Å²) in [6, 6.07) is -8.01. The number of oxime groups is 1. The molecule has 0 aromatic rings. The summed E-state index contributed by atoms with van der Waals surface area (Å²) in [5.41, 5.74) is -0.931. The van der Waals surface area contributed by atoms with E-state index in [-0.39, 0.29) is 26.4 Å². The largest absolute Gasteiger partial charge is 0.477 e. The van der Waals surface area contributed by atoms with Gasteiger partial charge in [0, 0.05) is 53.4 Å². The Bertz CT molecular complexity index is 2400. The predicted octanol–water partition coefficient (Wildman–Crippen LogP) is -12.8. The number of aliphatic hydroxyl groups is 14. The molecule has 89 heavy (non-hydrogen) atoms. The van der Waals surface area contributed by atoms with Crippen LogP contribution < -0.4 is 27.2 Å². The van der Waals surface area contributed by atoms with Crippen molar-refractivity contribution >= 4 is 53.2 Å². The minimum absolute atomic E-state index is 0.00812. The van der Waals surface area contributed by atoms with Crippen LogP contribution in [0.15, 0.2) is 5.16 Å². The fourth-order valence-corrected chi connectivity index (χ4v) is 9.89. The SMILES string of the molecule is CC(=O)N[C@@H]([C@@H](O)[C@H](O)[C@@H](CO)O[C@]1(C(=O)O)C[C@H](O)[C@@H](NC(C)=O)[C@H]([C@H](O)[C@@H](CO)O[C@]2(C(=O)O)C[C@H](O)[C@@H](NC(C)=O)[C@H]([C@H](O)[C@@H](CO)O[C@]3(C(=O)O)C[C@H](O)[C@@H](NC(C)=O)[C@H]([C@H](O)[C@H](O)CO)O3)O2)O1)[C@@H](O)C/C(=N/OCCOCCON)C(=O)O. The summed E-state index contributed by atoms with van der Waals surface area (Å²) < 4.78 is 38.8. The summed E-state index contributed by atoms with van der Waals surface area (Å²) in [7, 11) is 0. The van der Waals surface area contributed by atoms with Crippen molar-refractivity contribution in [3.63, 3.8) is 0 Å². The number of nitrogens with one attached hydrogen (secondary N) is 4. The van der Waals surface area contributed by atoms with Crippen LogP contribution in [0.2, 0.25) is 0 Å². The first-order valence-corrected chi connectivity index (χ1v) is 27.0. The number of amides is 4. The average molecular weight is 1300 g/mol. The number of hydrogen-bond donors (Lipinski definition) is 23. The molecule has 0 aromatic heterocycles. The molecule has 0 bridgehead atoms. The van der Waals surface area contributed by atoms with Crippen LogP contribution in [0.5, 0.6) is 0 Å². The van der Waals surface area contributed by atoms with E-state index in [1.54, 1.807) is 0 Å². The van der Waals surface area contributed by atoms with E-state index in [2.05, 4.69) is 31.3 Å². The number of aliphatic hydroxyl groups excluding tert-OH is 14. The van der Waals surface area contributed by atoms with Gasteiger partial charge in [0.25, 0.3) is 17.4 Å². The highest BCUT2D eigenvalue weighted by Crippen LogP contribution is 2.41. The van der Waals surface area contributed by atoms with E-state index in [9.17, 15) is 130 Å². The average Bonchev–Trinajstić information content (AvgIpc) is 1.64. The summed E-state index contributed by atoms with van der Waals surface area (Å²) in [6.45, 7) is -2.97. The summed E-state index contributed by atoms with van der Waals surface area (Å²) in [6.07, 6.45) is -44.2. The van der Waals surface area contributed by atoms with Crippen LogP contribution in [0.25, 0.3) is 0 Å². The van der Waals surface area contributed by atoms with Crippen molar-refractivity contribution in [2.75, 3.05) is 52.9 Å². The molecule has 41 nitrogen and oxygen atoms in total. The number of carbonyl (C=O) groups excluding carboxylic acids is 4. The highest BCUT2D eigenvalue weighted by Gasteiger charge is 2.63. The molecule has 3 heterocycles. The lowest BCUT2D eigenvalue weighted by molar-refractivity contribution is -0.360. The van der Waals surface area contributed by atoms with Gasteiger partial charge in [-0.05, 0) is 0 Å². The zero-order valence-corrected chi connectivity index (χ0v) is 48.0. The van der Waals surface area contributed by atoms with E-state index < -0.39 is 245 Å². The monoisotopic (exact) mass is 1300 g/mol. The van der Waals surface area contributed by atoms with Gasteiger partial charge in [0.15, 0.2) is 5.71 Å². The minimum atomic E-state index is -3.56. The molecule has 4 amide bonds. The second-order valence-electron chi connectivity index (χ2n) is 20.8. The molecule has 3 aliphatic heterocycles. The highest BCUT2D eigenvalue weighted by atomic mass is 16.8. The zero-order valence-electron chi connectivity index (χ0n) is 48.0. The van der Waals surface area contributed by atoms with Gasteiger partial charge in [-0.2, -0.15) is 0 Å². The summed E-state index contributed by atoms with van der Waals surface area (Å²) in [4.78, 5) is 111. The van der Waals surface area contributed by atoms with Gasteiger partial charge in [-0.15, -0.1) is 0 Å². The van der Waals surface area contributed by atoms with E-state index >= 15 is 0 Å². The Hall–Kier alpha value is -5.69. The topological polar surface area (TPSA) is 670 Å². The van der Waals surface area contributed by atoms with Gasteiger partial charge in [-0.1, -0.05) is 5.16 Å². The summed E-state index contributed by atoms with van der Waals surface area (Å²) in [5, 5.41) is 209. The van der Waals surface area contributed by atoms with Crippen LogP contribution in [0, 0.1) is 0 Å². The standard InChI is InChI=1S/C48H80N6O35/c1-17(59)50-30(22(63)9-21(42(73)74)54-83-8-6-81-5-7-82-49)38(72)35(69)27(14-56)84-46(43(75)76)11-24(65)32(52-19(3)61)40(88-46)37(71)29(16-58)86-48(45(79)80)12-25(66)33(53-20(4)62)41(89-48)36(70)28(15-57)85-47(44(77)78)10-23(64)31(51-18(2)60)39(87-47)34(68)26(67)13-55/h22-41,55-58,63-72H,5-16,49H2,1-4H3,(H,50,59)(H,51,60)(H,52,61)(H,53,62)(H,73,74)(H,75,76)(H,77,78)(H,79,80)/b54-21-/t22-,23-,24-,25-,26+,27+,28+,29+,30+,31+,32+,33+,34+,35+,36+,37+,38+,39+,40+,41+,46+,47+,48+/m0/s1. The molecule has 3 aliphatic rings. The fourth-order valence-electron chi connectivity index (χ4n) is 9.89. The van der Waals surface area contributed by atoms with Crippen LogP contribution >= 0.6 is 0 Å². The number of aliphatic carboxylic acids is 4. The van der Waals surface area contributed by atoms with Gasteiger partial charge in [-0.25, -0.2) is 25.1 Å². The molecule has 3 fully saturated rings. The second kappa shape index (κ2) is 34.7. The van der Waals surface area contributed by atoms with Gasteiger partial charge >= 0.3 is 23.9 Å².